The molecule has 0 aliphatic rings. The van der Waals surface area contributed by atoms with Gasteiger partial charge >= 0.3 is 0 Å². The Bertz CT molecular complexity index is 396. The van der Waals surface area contributed by atoms with Gasteiger partial charge in [0.05, 0.1) is 5.56 Å². The molecule has 0 saturated heterocycles. The molecule has 16 heavy (non-hydrogen) atoms. The van der Waals surface area contributed by atoms with Gasteiger partial charge in [-0.3, -0.25) is 4.79 Å². The van der Waals surface area contributed by atoms with Crippen LogP contribution < -0.4 is 5.32 Å². The molecule has 0 aliphatic carbocycles. The van der Waals surface area contributed by atoms with E-state index in [2.05, 4.69) is 21.2 Å². The molecule has 1 aromatic carbocycles. The van der Waals surface area contributed by atoms with E-state index in [1.807, 2.05) is 6.92 Å². The van der Waals surface area contributed by atoms with Crippen LogP contribution in [0.5, 0.6) is 0 Å². The van der Waals surface area contributed by atoms with Gasteiger partial charge in [0.15, 0.2) is 11.6 Å². The monoisotopic (exact) mass is 291 g/mol. The van der Waals surface area contributed by atoms with Crippen molar-refractivity contribution in [2.75, 3.05) is 6.54 Å². The van der Waals surface area contributed by atoms with Gasteiger partial charge in [-0.05, 0) is 18.6 Å². The average molecular weight is 292 g/mol. The van der Waals surface area contributed by atoms with Crippen LogP contribution in [0, 0.1) is 11.6 Å². The minimum atomic E-state index is -1.11. The summed E-state index contributed by atoms with van der Waals surface area (Å²) in [5.41, 5.74) is -0.275. The fraction of sp³-hybridized carbons (Fsp3) is 0.364. The number of carbonyl (C=O) groups excluding carboxylic acids is 1. The highest BCUT2D eigenvalue weighted by atomic mass is 79.9. The van der Waals surface area contributed by atoms with Gasteiger partial charge in [-0.25, -0.2) is 8.78 Å². The van der Waals surface area contributed by atoms with Gasteiger partial charge in [0.25, 0.3) is 5.91 Å². The third-order valence-corrected chi connectivity index (χ3v) is 2.51. The third-order valence-electron chi connectivity index (χ3n) is 2.05. The molecule has 0 unspecified atom stereocenters. The number of hydrogen-bond acceptors (Lipinski definition) is 1. The maximum Gasteiger partial charge on any atom is 0.254 e. The molecule has 0 fully saturated rings. The Morgan fingerprint density at radius 1 is 1.44 bits per heavy atom. The van der Waals surface area contributed by atoms with Crippen LogP contribution in [0.15, 0.2) is 16.6 Å². The van der Waals surface area contributed by atoms with Crippen molar-refractivity contribution in [3.63, 3.8) is 0 Å². The number of rotatable bonds is 4. The van der Waals surface area contributed by atoms with Gasteiger partial charge in [0.1, 0.15) is 0 Å². The molecule has 1 aromatic rings. The highest BCUT2D eigenvalue weighted by molar-refractivity contribution is 9.10. The van der Waals surface area contributed by atoms with Crippen molar-refractivity contribution in [1.82, 2.24) is 5.32 Å². The third kappa shape index (κ3) is 3.27. The number of carbonyl (C=O) groups is 1. The van der Waals surface area contributed by atoms with E-state index >= 15 is 0 Å². The van der Waals surface area contributed by atoms with Crippen molar-refractivity contribution in [2.45, 2.75) is 19.8 Å². The van der Waals surface area contributed by atoms with Crippen LogP contribution in [-0.4, -0.2) is 12.5 Å². The molecule has 0 heterocycles. The predicted octanol–water partition coefficient (Wildman–Crippen LogP) is 3.26. The highest BCUT2D eigenvalue weighted by Crippen LogP contribution is 2.19. The number of nitrogens with one attached hydrogen (secondary N) is 1. The van der Waals surface area contributed by atoms with Crippen molar-refractivity contribution in [2.24, 2.45) is 0 Å². The van der Waals surface area contributed by atoms with Crippen molar-refractivity contribution in [3.05, 3.63) is 33.8 Å². The van der Waals surface area contributed by atoms with Gasteiger partial charge < -0.3 is 5.32 Å². The van der Waals surface area contributed by atoms with Crippen molar-refractivity contribution in [1.29, 1.82) is 0 Å². The summed E-state index contributed by atoms with van der Waals surface area (Å²) < 4.78 is 26.6. The largest absolute Gasteiger partial charge is 0.352 e. The van der Waals surface area contributed by atoms with Crippen molar-refractivity contribution < 1.29 is 13.6 Å². The summed E-state index contributed by atoms with van der Waals surface area (Å²) in [6, 6.07) is 2.25. The van der Waals surface area contributed by atoms with Gasteiger partial charge in [-0.1, -0.05) is 29.3 Å². The normalized spacial score (nSPS) is 10.2. The summed E-state index contributed by atoms with van der Waals surface area (Å²) in [7, 11) is 0. The highest BCUT2D eigenvalue weighted by Gasteiger charge is 2.16. The van der Waals surface area contributed by atoms with Crippen LogP contribution in [0.1, 0.15) is 30.1 Å². The van der Waals surface area contributed by atoms with Gasteiger partial charge in [-0.15, -0.1) is 0 Å². The van der Waals surface area contributed by atoms with Crippen LogP contribution in [0.25, 0.3) is 0 Å². The van der Waals surface area contributed by atoms with Gasteiger partial charge in [-0.2, -0.15) is 0 Å². The number of hydrogen-bond donors (Lipinski definition) is 1. The molecular formula is C11H12BrF2NO. The molecule has 0 aliphatic heterocycles. The fourth-order valence-corrected chi connectivity index (χ4v) is 1.63. The number of amides is 1. The van der Waals surface area contributed by atoms with Crippen molar-refractivity contribution in [3.8, 4) is 0 Å². The zero-order chi connectivity index (χ0) is 12.1. The molecule has 2 nitrogen and oxygen atoms in total. The minimum Gasteiger partial charge on any atom is -0.352 e. The molecule has 5 heteroatoms. The average Bonchev–Trinajstić information content (AvgIpc) is 2.23. The first-order valence-electron chi connectivity index (χ1n) is 4.99. The first kappa shape index (κ1) is 13.1. The van der Waals surface area contributed by atoms with Gasteiger partial charge in [0.2, 0.25) is 0 Å². The van der Waals surface area contributed by atoms with E-state index < -0.39 is 17.5 Å². The molecule has 1 rings (SSSR count). The van der Waals surface area contributed by atoms with E-state index in [1.54, 1.807) is 0 Å². The van der Waals surface area contributed by atoms with E-state index in [4.69, 9.17) is 0 Å². The molecule has 0 radical (unpaired) electrons. The molecule has 1 N–H and O–H groups in total. The lowest BCUT2D eigenvalue weighted by molar-refractivity contribution is 0.0948. The number of halogens is 3. The zero-order valence-electron chi connectivity index (χ0n) is 8.82. The SMILES string of the molecule is CCCCNC(=O)c1cc(Br)cc(F)c1F. The Kier molecular flexibility index (Phi) is 4.86. The molecular weight excluding hydrogens is 280 g/mol. The molecule has 0 spiro atoms. The topological polar surface area (TPSA) is 29.1 Å². The molecule has 0 bridgehead atoms. The Labute approximate surface area is 101 Å². The minimum absolute atomic E-state index is 0.275. The van der Waals surface area contributed by atoms with Crippen molar-refractivity contribution >= 4 is 21.8 Å². The lowest BCUT2D eigenvalue weighted by atomic mass is 10.2. The Hall–Kier alpha value is -0.970. The summed E-state index contributed by atoms with van der Waals surface area (Å²) >= 11 is 3.01. The zero-order valence-corrected chi connectivity index (χ0v) is 10.4. The Morgan fingerprint density at radius 3 is 2.75 bits per heavy atom. The fourth-order valence-electron chi connectivity index (χ4n) is 1.20. The van der Waals surface area contributed by atoms with Crippen LogP contribution >= 0.6 is 15.9 Å². The van der Waals surface area contributed by atoms with E-state index in [0.717, 1.165) is 18.9 Å². The summed E-state index contributed by atoms with van der Waals surface area (Å²) in [6.45, 7) is 2.44. The van der Waals surface area contributed by atoms with Crippen LogP contribution in [-0.2, 0) is 0 Å². The molecule has 0 aromatic heterocycles. The summed E-state index contributed by atoms with van der Waals surface area (Å²) in [4.78, 5) is 11.5. The molecule has 0 atom stereocenters. The number of unbranched alkanes of at least 4 members (excludes halogenated alkanes) is 1. The lowest BCUT2D eigenvalue weighted by Gasteiger charge is -2.06. The smallest absolute Gasteiger partial charge is 0.254 e. The second kappa shape index (κ2) is 5.94. The summed E-state index contributed by atoms with van der Waals surface area (Å²) in [5, 5.41) is 2.53. The van der Waals surface area contributed by atoms with E-state index in [9.17, 15) is 13.6 Å². The lowest BCUT2D eigenvalue weighted by Crippen LogP contribution is -2.25. The Morgan fingerprint density at radius 2 is 2.12 bits per heavy atom. The molecule has 88 valence electrons. The van der Waals surface area contributed by atoms with E-state index in [1.165, 1.54) is 6.07 Å². The maximum atomic E-state index is 13.3. The first-order chi connectivity index (χ1) is 7.56. The van der Waals surface area contributed by atoms with Crippen LogP contribution in [0.3, 0.4) is 0 Å². The molecule has 1 amide bonds. The standard InChI is InChI=1S/C11H12BrF2NO/c1-2-3-4-15-11(16)8-5-7(12)6-9(13)10(8)14/h5-6H,2-4H2,1H3,(H,15,16). The summed E-state index contributed by atoms with van der Waals surface area (Å²) in [6.07, 6.45) is 1.74. The van der Waals surface area contributed by atoms with Crippen LogP contribution in [0.4, 0.5) is 8.78 Å². The maximum absolute atomic E-state index is 13.3. The molecule has 0 saturated carbocycles. The van der Waals surface area contributed by atoms with E-state index in [0.29, 0.717) is 11.0 Å². The first-order valence-corrected chi connectivity index (χ1v) is 5.78. The Balaban J connectivity index is 2.82. The second-order valence-corrected chi connectivity index (χ2v) is 4.27. The predicted molar refractivity (Wildman–Crippen MR) is 61.3 cm³/mol. The van der Waals surface area contributed by atoms with Crippen LogP contribution in [0.2, 0.25) is 0 Å². The van der Waals surface area contributed by atoms with E-state index in [-0.39, 0.29) is 5.56 Å². The quantitative estimate of drug-likeness (QED) is 0.670. The summed E-state index contributed by atoms with van der Waals surface area (Å²) in [5.74, 6) is -2.74. The number of benzene rings is 1. The second-order valence-electron chi connectivity index (χ2n) is 3.36. The van der Waals surface area contributed by atoms with Gasteiger partial charge in [0, 0.05) is 11.0 Å².